The number of likely N-dealkylation sites (N-methyl/N-ethyl adjacent to an activating group) is 1. The molecule has 0 saturated heterocycles. The number of hydrogen-bond acceptors (Lipinski definition) is 5. The molecule has 0 aliphatic rings. The van der Waals surface area contributed by atoms with Gasteiger partial charge in [-0.25, -0.2) is 0 Å². The number of carbonyl (C=O) groups is 2. The van der Waals surface area contributed by atoms with E-state index in [1.807, 2.05) is 38.1 Å². The van der Waals surface area contributed by atoms with Crippen LogP contribution in [0.25, 0.3) is 0 Å². The predicted molar refractivity (Wildman–Crippen MR) is 115 cm³/mol. The molecule has 0 aliphatic carbocycles. The number of nitrogens with zero attached hydrogens (tertiary/aromatic N) is 1. The minimum Gasteiger partial charge on any atom is -0.496 e. The number of methoxy groups -OCH3 is 2. The van der Waals surface area contributed by atoms with Crippen molar-refractivity contribution in [3.8, 4) is 17.2 Å². The Morgan fingerprint density at radius 3 is 2.07 bits per heavy atom. The summed E-state index contributed by atoms with van der Waals surface area (Å²) in [6.45, 7) is 3.98. The van der Waals surface area contributed by atoms with Crippen molar-refractivity contribution in [1.29, 1.82) is 0 Å². The van der Waals surface area contributed by atoms with Gasteiger partial charge in [0.25, 0.3) is 5.91 Å². The Kier molecular flexibility index (Phi) is 8.53. The van der Waals surface area contributed by atoms with Gasteiger partial charge in [0.1, 0.15) is 23.3 Å². The van der Waals surface area contributed by atoms with E-state index in [-0.39, 0.29) is 18.4 Å². The Hall–Kier alpha value is -3.22. The molecule has 2 aromatic carbocycles. The van der Waals surface area contributed by atoms with Crippen LogP contribution in [-0.2, 0) is 16.1 Å². The fraction of sp³-hybridized carbons (Fsp3) is 0.391. The van der Waals surface area contributed by atoms with E-state index < -0.39 is 6.04 Å². The number of hydrogen-bond donors (Lipinski definition) is 1. The SMILES string of the molecule is CCC(C(=O)NC)N(Cc1ccc(C)cc1)C(=O)COc1cc(OC)cc(OC)c1. The third kappa shape index (κ3) is 6.14. The second kappa shape index (κ2) is 11.1. The number of nitrogens with one attached hydrogen (secondary N) is 1. The largest absolute Gasteiger partial charge is 0.496 e. The van der Waals surface area contributed by atoms with E-state index in [2.05, 4.69) is 5.32 Å². The Morgan fingerprint density at radius 2 is 1.57 bits per heavy atom. The van der Waals surface area contributed by atoms with Crippen LogP contribution in [0, 0.1) is 6.92 Å². The van der Waals surface area contributed by atoms with Crippen molar-refractivity contribution in [1.82, 2.24) is 10.2 Å². The molecule has 162 valence electrons. The summed E-state index contributed by atoms with van der Waals surface area (Å²) in [4.78, 5) is 27.0. The van der Waals surface area contributed by atoms with Gasteiger partial charge >= 0.3 is 0 Å². The lowest BCUT2D eigenvalue weighted by Crippen LogP contribution is -2.49. The summed E-state index contributed by atoms with van der Waals surface area (Å²) in [5, 5.41) is 2.64. The average molecular weight is 415 g/mol. The van der Waals surface area contributed by atoms with E-state index in [0.29, 0.717) is 30.2 Å². The highest BCUT2D eigenvalue weighted by molar-refractivity contribution is 5.88. The van der Waals surface area contributed by atoms with Crippen LogP contribution in [0.3, 0.4) is 0 Å². The Morgan fingerprint density at radius 1 is 1.00 bits per heavy atom. The molecule has 1 unspecified atom stereocenters. The number of benzene rings is 2. The highest BCUT2D eigenvalue weighted by Gasteiger charge is 2.28. The summed E-state index contributed by atoms with van der Waals surface area (Å²) in [5.41, 5.74) is 2.07. The minimum absolute atomic E-state index is 0.207. The first-order valence-corrected chi connectivity index (χ1v) is 9.84. The molecule has 7 nitrogen and oxygen atoms in total. The maximum absolute atomic E-state index is 13.1. The van der Waals surface area contributed by atoms with Crippen LogP contribution >= 0.6 is 0 Å². The molecular weight excluding hydrogens is 384 g/mol. The summed E-state index contributed by atoms with van der Waals surface area (Å²) in [6.07, 6.45) is 0.490. The maximum atomic E-state index is 13.1. The van der Waals surface area contributed by atoms with Gasteiger partial charge in [0, 0.05) is 31.8 Å². The van der Waals surface area contributed by atoms with Gasteiger partial charge in [-0.15, -0.1) is 0 Å². The molecule has 2 rings (SSSR count). The standard InChI is InChI=1S/C23H30N2O5/c1-6-21(23(27)24-3)25(14-17-9-7-16(2)8-10-17)22(26)15-30-20-12-18(28-4)11-19(13-20)29-5/h7-13,21H,6,14-15H2,1-5H3,(H,24,27). The molecule has 1 N–H and O–H groups in total. The fourth-order valence-electron chi connectivity index (χ4n) is 3.07. The van der Waals surface area contributed by atoms with Crippen molar-refractivity contribution in [3.05, 3.63) is 53.6 Å². The van der Waals surface area contributed by atoms with Crippen molar-refractivity contribution < 1.29 is 23.8 Å². The fourth-order valence-corrected chi connectivity index (χ4v) is 3.07. The molecule has 2 aromatic rings. The monoisotopic (exact) mass is 414 g/mol. The van der Waals surface area contributed by atoms with Gasteiger partial charge in [-0.05, 0) is 18.9 Å². The van der Waals surface area contributed by atoms with Crippen LogP contribution in [0.1, 0.15) is 24.5 Å². The normalized spacial score (nSPS) is 11.4. The van der Waals surface area contributed by atoms with Gasteiger partial charge in [-0.2, -0.15) is 0 Å². The van der Waals surface area contributed by atoms with Crippen molar-refractivity contribution >= 4 is 11.8 Å². The quantitative estimate of drug-likeness (QED) is 0.647. The molecule has 0 heterocycles. The number of carbonyl (C=O) groups excluding carboxylic acids is 2. The smallest absolute Gasteiger partial charge is 0.261 e. The lowest BCUT2D eigenvalue weighted by atomic mass is 10.1. The second-order valence-electron chi connectivity index (χ2n) is 6.88. The molecule has 0 aliphatic heterocycles. The van der Waals surface area contributed by atoms with Crippen LogP contribution in [0.4, 0.5) is 0 Å². The summed E-state index contributed by atoms with van der Waals surface area (Å²) in [7, 11) is 4.66. The first-order chi connectivity index (χ1) is 14.4. The molecule has 0 saturated carbocycles. The Balaban J connectivity index is 2.21. The highest BCUT2D eigenvalue weighted by Crippen LogP contribution is 2.27. The van der Waals surface area contributed by atoms with Gasteiger partial charge in [0.15, 0.2) is 6.61 Å². The number of amides is 2. The second-order valence-corrected chi connectivity index (χ2v) is 6.88. The number of aryl methyl sites for hydroxylation is 1. The third-order valence-electron chi connectivity index (χ3n) is 4.79. The first kappa shape index (κ1) is 23.1. The molecule has 0 fully saturated rings. The maximum Gasteiger partial charge on any atom is 0.261 e. The van der Waals surface area contributed by atoms with E-state index >= 15 is 0 Å². The van der Waals surface area contributed by atoms with Gasteiger partial charge < -0.3 is 24.4 Å². The highest BCUT2D eigenvalue weighted by atomic mass is 16.5. The van der Waals surface area contributed by atoms with Crippen molar-refractivity contribution in [2.75, 3.05) is 27.9 Å². The van der Waals surface area contributed by atoms with Crippen molar-refractivity contribution in [3.63, 3.8) is 0 Å². The molecule has 1 atom stereocenters. The van der Waals surface area contributed by atoms with Crippen LogP contribution in [-0.4, -0.2) is 50.6 Å². The minimum atomic E-state index is -0.591. The van der Waals surface area contributed by atoms with Gasteiger partial charge in [-0.3, -0.25) is 9.59 Å². The van der Waals surface area contributed by atoms with E-state index in [9.17, 15) is 9.59 Å². The summed E-state index contributed by atoms with van der Waals surface area (Å²) < 4.78 is 16.2. The summed E-state index contributed by atoms with van der Waals surface area (Å²) in [6, 6.07) is 12.4. The first-order valence-electron chi connectivity index (χ1n) is 9.84. The Bertz CT molecular complexity index is 829. The van der Waals surface area contributed by atoms with E-state index in [1.165, 1.54) is 0 Å². The number of rotatable bonds is 10. The van der Waals surface area contributed by atoms with Crippen LogP contribution in [0.5, 0.6) is 17.2 Å². The Labute approximate surface area is 177 Å². The van der Waals surface area contributed by atoms with Gasteiger partial charge in [0.05, 0.1) is 14.2 Å². The molecule has 30 heavy (non-hydrogen) atoms. The predicted octanol–water partition coefficient (Wildman–Crippen LogP) is 2.94. The molecule has 0 aromatic heterocycles. The topological polar surface area (TPSA) is 77.1 Å². The molecular formula is C23H30N2O5. The number of ether oxygens (including phenoxy) is 3. The molecule has 0 spiro atoms. The summed E-state index contributed by atoms with van der Waals surface area (Å²) >= 11 is 0. The molecule has 7 heteroatoms. The van der Waals surface area contributed by atoms with Crippen LogP contribution in [0.15, 0.2) is 42.5 Å². The zero-order valence-electron chi connectivity index (χ0n) is 18.2. The lowest BCUT2D eigenvalue weighted by Gasteiger charge is -2.30. The van der Waals surface area contributed by atoms with Crippen LogP contribution < -0.4 is 19.5 Å². The van der Waals surface area contributed by atoms with Gasteiger partial charge in [0.2, 0.25) is 5.91 Å². The lowest BCUT2D eigenvalue weighted by molar-refractivity contribution is -0.142. The van der Waals surface area contributed by atoms with Crippen LogP contribution in [0.2, 0.25) is 0 Å². The van der Waals surface area contributed by atoms with E-state index in [0.717, 1.165) is 11.1 Å². The zero-order valence-corrected chi connectivity index (χ0v) is 18.2. The van der Waals surface area contributed by atoms with E-state index in [4.69, 9.17) is 14.2 Å². The summed E-state index contributed by atoms with van der Waals surface area (Å²) in [5.74, 6) is 1.08. The van der Waals surface area contributed by atoms with Crippen molar-refractivity contribution in [2.45, 2.75) is 32.9 Å². The molecule has 0 radical (unpaired) electrons. The van der Waals surface area contributed by atoms with Gasteiger partial charge in [-0.1, -0.05) is 36.8 Å². The zero-order chi connectivity index (χ0) is 22.1. The van der Waals surface area contributed by atoms with E-state index in [1.54, 1.807) is 44.4 Å². The molecule has 2 amide bonds. The van der Waals surface area contributed by atoms with Crippen molar-refractivity contribution in [2.24, 2.45) is 0 Å². The average Bonchev–Trinajstić information content (AvgIpc) is 2.77. The third-order valence-corrected chi connectivity index (χ3v) is 4.79. The molecule has 0 bridgehead atoms.